The Morgan fingerprint density at radius 1 is 1.43 bits per heavy atom. The van der Waals surface area contributed by atoms with E-state index in [0.717, 1.165) is 0 Å². The molecule has 0 unspecified atom stereocenters. The molecular weight excluding hydrogens is 183 g/mol. The molecule has 2 aromatic heterocycles. The number of nitrogens with zero attached hydrogens (tertiary/aromatic N) is 1. The van der Waals surface area contributed by atoms with Crippen molar-refractivity contribution in [3.05, 3.63) is 34.9 Å². The molecule has 0 saturated heterocycles. The van der Waals surface area contributed by atoms with Crippen LogP contribution in [0.4, 0.5) is 0 Å². The van der Waals surface area contributed by atoms with Crippen molar-refractivity contribution in [1.82, 2.24) is 9.97 Å². The fourth-order valence-electron chi connectivity index (χ4n) is 1.24. The number of hydrogen-bond donors (Lipinski definition) is 3. The number of fused-ring (bicyclic) bond motifs is 1. The summed E-state index contributed by atoms with van der Waals surface area (Å²) in [7, 11) is -1.65. The van der Waals surface area contributed by atoms with Crippen LogP contribution in [0.15, 0.2) is 29.3 Å². The number of aromatic nitrogens is 2. The van der Waals surface area contributed by atoms with Crippen LogP contribution >= 0.6 is 0 Å². The third-order valence-electron chi connectivity index (χ3n) is 1.94. The number of rotatable bonds is 1. The highest BCUT2D eigenvalue weighted by Crippen LogP contribution is 2.03. The van der Waals surface area contributed by atoms with Crippen LogP contribution in [0.3, 0.4) is 0 Å². The Balaban J connectivity index is 2.76. The summed E-state index contributed by atoms with van der Waals surface area (Å²) in [5.41, 5.74) is -0.207. The monoisotopic (exact) mass is 190 g/mol. The van der Waals surface area contributed by atoms with E-state index >= 15 is 0 Å². The highest BCUT2D eigenvalue weighted by atomic mass is 16.4. The van der Waals surface area contributed by atoms with Crippen molar-refractivity contribution in [2.24, 2.45) is 0 Å². The maximum absolute atomic E-state index is 11.3. The zero-order chi connectivity index (χ0) is 10.1. The predicted octanol–water partition coefficient (Wildman–Crippen LogP) is -1.40. The normalized spacial score (nSPS) is 10.4. The standard InChI is InChI=1S/C8H7BN2O3/c12-8-6-3-7(9(13)14)11-4-5(6)1-2-10-8/h1-4,13-14H,(H,10,12). The van der Waals surface area contributed by atoms with Gasteiger partial charge in [-0.3, -0.25) is 9.78 Å². The lowest BCUT2D eigenvalue weighted by molar-refractivity contribution is 0.424. The second-order valence-electron chi connectivity index (χ2n) is 2.88. The summed E-state index contributed by atoms with van der Waals surface area (Å²) in [6, 6.07) is 3.05. The largest absolute Gasteiger partial charge is 0.508 e. The summed E-state index contributed by atoms with van der Waals surface area (Å²) < 4.78 is 0. The molecule has 2 rings (SSSR count). The zero-order valence-electron chi connectivity index (χ0n) is 7.14. The lowest BCUT2D eigenvalue weighted by Gasteiger charge is -1.99. The molecule has 2 aromatic rings. The van der Waals surface area contributed by atoms with Crippen LogP contribution in [0, 0.1) is 0 Å². The van der Waals surface area contributed by atoms with E-state index in [4.69, 9.17) is 10.0 Å². The predicted molar refractivity (Wildman–Crippen MR) is 52.2 cm³/mol. The van der Waals surface area contributed by atoms with E-state index in [0.29, 0.717) is 10.8 Å². The van der Waals surface area contributed by atoms with Crippen LogP contribution in [0.25, 0.3) is 10.8 Å². The minimum absolute atomic E-state index is 0.0641. The molecule has 70 valence electrons. The number of nitrogens with one attached hydrogen (secondary N) is 1. The van der Waals surface area contributed by atoms with Crippen molar-refractivity contribution in [2.75, 3.05) is 0 Å². The molecule has 14 heavy (non-hydrogen) atoms. The van der Waals surface area contributed by atoms with E-state index in [1.807, 2.05) is 0 Å². The van der Waals surface area contributed by atoms with Gasteiger partial charge in [-0.1, -0.05) is 0 Å². The summed E-state index contributed by atoms with van der Waals surface area (Å²) in [6.45, 7) is 0. The molecule has 2 heterocycles. The fourth-order valence-corrected chi connectivity index (χ4v) is 1.24. The van der Waals surface area contributed by atoms with E-state index in [-0.39, 0.29) is 11.2 Å². The first-order chi connectivity index (χ1) is 6.68. The van der Waals surface area contributed by atoms with Crippen molar-refractivity contribution in [2.45, 2.75) is 0 Å². The van der Waals surface area contributed by atoms with Crippen LogP contribution < -0.4 is 11.2 Å². The van der Waals surface area contributed by atoms with Crippen LogP contribution in [-0.2, 0) is 0 Å². The molecule has 0 aliphatic rings. The van der Waals surface area contributed by atoms with Crippen molar-refractivity contribution < 1.29 is 10.0 Å². The summed E-state index contributed by atoms with van der Waals surface area (Å²) in [6.07, 6.45) is 2.95. The molecule has 0 spiro atoms. The Kier molecular flexibility index (Phi) is 2.07. The van der Waals surface area contributed by atoms with Gasteiger partial charge in [0.25, 0.3) is 5.56 Å². The second kappa shape index (κ2) is 3.24. The second-order valence-corrected chi connectivity index (χ2v) is 2.88. The third kappa shape index (κ3) is 1.41. The Labute approximate surface area is 79.2 Å². The SMILES string of the molecule is O=c1[nH]ccc2cnc(B(O)O)cc12. The van der Waals surface area contributed by atoms with Gasteiger partial charge in [0.2, 0.25) is 0 Å². The maximum atomic E-state index is 11.3. The molecule has 0 radical (unpaired) electrons. The summed E-state index contributed by atoms with van der Waals surface area (Å²) >= 11 is 0. The maximum Gasteiger partial charge on any atom is 0.508 e. The summed E-state index contributed by atoms with van der Waals surface area (Å²) in [5.74, 6) is 0. The summed E-state index contributed by atoms with van der Waals surface area (Å²) in [5, 5.41) is 18.8. The molecule has 0 atom stereocenters. The number of H-pyrrole nitrogens is 1. The average Bonchev–Trinajstić information content (AvgIpc) is 2.18. The molecule has 0 bridgehead atoms. The molecule has 5 nitrogen and oxygen atoms in total. The Morgan fingerprint density at radius 2 is 2.21 bits per heavy atom. The zero-order valence-corrected chi connectivity index (χ0v) is 7.14. The molecule has 0 saturated carbocycles. The van der Waals surface area contributed by atoms with Gasteiger partial charge >= 0.3 is 7.12 Å². The Hall–Kier alpha value is -1.66. The first kappa shape index (κ1) is 8.92. The molecule has 0 aromatic carbocycles. The van der Waals surface area contributed by atoms with Gasteiger partial charge in [-0.2, -0.15) is 0 Å². The van der Waals surface area contributed by atoms with Gasteiger partial charge in [-0.05, 0) is 12.1 Å². The van der Waals surface area contributed by atoms with Crippen LogP contribution in [0.5, 0.6) is 0 Å². The molecule has 0 aliphatic heterocycles. The van der Waals surface area contributed by atoms with Crippen LogP contribution in [0.1, 0.15) is 0 Å². The van der Waals surface area contributed by atoms with E-state index in [9.17, 15) is 4.79 Å². The van der Waals surface area contributed by atoms with Gasteiger partial charge in [-0.15, -0.1) is 0 Å². The van der Waals surface area contributed by atoms with Gasteiger partial charge in [-0.25, -0.2) is 0 Å². The number of aromatic amines is 1. The van der Waals surface area contributed by atoms with E-state index in [1.165, 1.54) is 18.5 Å². The molecule has 0 fully saturated rings. The highest BCUT2D eigenvalue weighted by molar-refractivity contribution is 6.57. The minimum Gasteiger partial charge on any atom is -0.422 e. The molecule has 0 aliphatic carbocycles. The van der Waals surface area contributed by atoms with Crippen LogP contribution in [-0.4, -0.2) is 27.1 Å². The lowest BCUT2D eigenvalue weighted by Crippen LogP contribution is -2.32. The topological polar surface area (TPSA) is 86.2 Å². The molecule has 0 amide bonds. The Morgan fingerprint density at radius 3 is 2.93 bits per heavy atom. The van der Waals surface area contributed by atoms with Crippen molar-refractivity contribution >= 4 is 23.5 Å². The van der Waals surface area contributed by atoms with E-state index in [1.54, 1.807) is 6.07 Å². The van der Waals surface area contributed by atoms with Gasteiger partial charge in [0.05, 0.1) is 5.59 Å². The minimum atomic E-state index is -1.65. The van der Waals surface area contributed by atoms with Gasteiger partial charge in [0.1, 0.15) is 0 Å². The highest BCUT2D eigenvalue weighted by Gasteiger charge is 2.13. The van der Waals surface area contributed by atoms with E-state index < -0.39 is 7.12 Å². The molecule has 3 N–H and O–H groups in total. The molecule has 6 heteroatoms. The van der Waals surface area contributed by atoms with Gasteiger partial charge in [0.15, 0.2) is 0 Å². The van der Waals surface area contributed by atoms with Crippen molar-refractivity contribution in [3.63, 3.8) is 0 Å². The first-order valence-corrected chi connectivity index (χ1v) is 4.02. The Bertz CT molecular complexity index is 523. The van der Waals surface area contributed by atoms with Crippen molar-refractivity contribution in [3.8, 4) is 0 Å². The first-order valence-electron chi connectivity index (χ1n) is 4.02. The van der Waals surface area contributed by atoms with Crippen LogP contribution in [0.2, 0.25) is 0 Å². The quantitative estimate of drug-likeness (QED) is 0.483. The molecular formula is C8H7BN2O3. The number of pyridine rings is 2. The van der Waals surface area contributed by atoms with Gasteiger partial charge < -0.3 is 15.0 Å². The van der Waals surface area contributed by atoms with Crippen molar-refractivity contribution in [1.29, 1.82) is 0 Å². The van der Waals surface area contributed by atoms with E-state index in [2.05, 4.69) is 9.97 Å². The summed E-state index contributed by atoms with van der Waals surface area (Å²) in [4.78, 5) is 17.6. The van der Waals surface area contributed by atoms with Gasteiger partial charge in [0, 0.05) is 23.2 Å². The fraction of sp³-hybridized carbons (Fsp3) is 0. The average molecular weight is 190 g/mol. The smallest absolute Gasteiger partial charge is 0.422 e. The third-order valence-corrected chi connectivity index (χ3v) is 1.94. The number of hydrogen-bond acceptors (Lipinski definition) is 4. The lowest BCUT2D eigenvalue weighted by atomic mass is 9.85.